The van der Waals surface area contributed by atoms with Gasteiger partial charge in [0.15, 0.2) is 0 Å². The Morgan fingerprint density at radius 1 is 1.32 bits per heavy atom. The first kappa shape index (κ1) is 13.9. The number of carboxylic acids is 1. The largest absolute Gasteiger partial charge is 0.478 e. The summed E-state index contributed by atoms with van der Waals surface area (Å²) in [6.07, 6.45) is 1.15. The van der Waals surface area contributed by atoms with Crippen LogP contribution in [-0.4, -0.2) is 21.8 Å². The standard InChI is InChI=1S/C15H17NO2S/c1-10(2)8-9-19-14-7-6-11-12(15(17)18)4-3-5-13(11)16-14/h3-7,10H,8-9H2,1-2H3,(H,17,18). The van der Waals surface area contributed by atoms with Gasteiger partial charge in [0.2, 0.25) is 0 Å². The van der Waals surface area contributed by atoms with E-state index in [-0.39, 0.29) is 0 Å². The SMILES string of the molecule is CC(C)CCSc1ccc2c(C(=O)O)cccc2n1. The Labute approximate surface area is 117 Å². The minimum Gasteiger partial charge on any atom is -0.478 e. The second-order valence-corrected chi connectivity index (χ2v) is 5.97. The fraction of sp³-hybridized carbons (Fsp3) is 0.333. The molecule has 0 saturated heterocycles. The van der Waals surface area contributed by atoms with Gasteiger partial charge in [-0.3, -0.25) is 0 Å². The molecule has 1 N–H and O–H groups in total. The van der Waals surface area contributed by atoms with Gasteiger partial charge >= 0.3 is 5.97 Å². The first-order valence-electron chi connectivity index (χ1n) is 6.34. The average molecular weight is 275 g/mol. The molecule has 0 fully saturated rings. The quantitative estimate of drug-likeness (QED) is 0.836. The van der Waals surface area contributed by atoms with Gasteiger partial charge in [-0.2, -0.15) is 0 Å². The van der Waals surface area contributed by atoms with E-state index in [4.69, 9.17) is 5.11 Å². The van der Waals surface area contributed by atoms with E-state index in [9.17, 15) is 4.79 Å². The van der Waals surface area contributed by atoms with Crippen LogP contribution in [0.15, 0.2) is 35.4 Å². The van der Waals surface area contributed by atoms with Crippen molar-refractivity contribution >= 4 is 28.6 Å². The first-order chi connectivity index (χ1) is 9.08. The summed E-state index contributed by atoms with van der Waals surface area (Å²) in [5.41, 5.74) is 1.05. The number of carbonyl (C=O) groups is 1. The number of rotatable bonds is 5. The van der Waals surface area contributed by atoms with Gasteiger partial charge < -0.3 is 5.11 Å². The second kappa shape index (κ2) is 6.06. The third-order valence-corrected chi connectivity index (χ3v) is 3.84. The Morgan fingerprint density at radius 3 is 2.79 bits per heavy atom. The van der Waals surface area contributed by atoms with Gasteiger partial charge in [0.05, 0.1) is 16.1 Å². The van der Waals surface area contributed by atoms with Crippen LogP contribution in [0.3, 0.4) is 0 Å². The van der Waals surface area contributed by atoms with Crippen LogP contribution in [-0.2, 0) is 0 Å². The Kier molecular flexibility index (Phi) is 4.43. The molecule has 19 heavy (non-hydrogen) atoms. The molecule has 0 radical (unpaired) electrons. The lowest BCUT2D eigenvalue weighted by molar-refractivity contribution is 0.0699. The molecule has 0 aliphatic heterocycles. The lowest BCUT2D eigenvalue weighted by Gasteiger charge is -2.06. The molecule has 0 spiro atoms. The van der Waals surface area contributed by atoms with E-state index in [1.165, 1.54) is 0 Å². The number of hydrogen-bond acceptors (Lipinski definition) is 3. The Morgan fingerprint density at radius 2 is 2.11 bits per heavy atom. The fourth-order valence-electron chi connectivity index (χ4n) is 1.80. The highest BCUT2D eigenvalue weighted by Gasteiger charge is 2.09. The lowest BCUT2D eigenvalue weighted by Crippen LogP contribution is -1.98. The van der Waals surface area contributed by atoms with Gasteiger partial charge in [0, 0.05) is 5.39 Å². The summed E-state index contributed by atoms with van der Waals surface area (Å²) in [4.78, 5) is 15.6. The zero-order valence-corrected chi connectivity index (χ0v) is 11.9. The highest BCUT2D eigenvalue weighted by molar-refractivity contribution is 7.99. The van der Waals surface area contributed by atoms with Gasteiger partial charge in [-0.1, -0.05) is 19.9 Å². The molecule has 0 saturated carbocycles. The smallest absolute Gasteiger partial charge is 0.336 e. The fourth-order valence-corrected chi connectivity index (χ4v) is 2.93. The van der Waals surface area contributed by atoms with E-state index in [2.05, 4.69) is 18.8 Å². The van der Waals surface area contributed by atoms with Crippen LogP contribution in [0.5, 0.6) is 0 Å². The monoisotopic (exact) mass is 275 g/mol. The summed E-state index contributed by atoms with van der Waals surface area (Å²) in [6.45, 7) is 4.40. The van der Waals surface area contributed by atoms with Gasteiger partial charge in [0.1, 0.15) is 0 Å². The number of pyridine rings is 1. The van der Waals surface area contributed by atoms with Crippen LogP contribution in [0.1, 0.15) is 30.6 Å². The summed E-state index contributed by atoms with van der Waals surface area (Å²) in [6, 6.07) is 8.96. The maximum absolute atomic E-state index is 11.1. The van der Waals surface area contributed by atoms with Gasteiger partial charge in [-0.25, -0.2) is 9.78 Å². The van der Waals surface area contributed by atoms with Crippen molar-refractivity contribution in [2.45, 2.75) is 25.3 Å². The molecule has 100 valence electrons. The molecule has 1 aromatic heterocycles. The Bertz CT molecular complexity index is 596. The topological polar surface area (TPSA) is 50.2 Å². The summed E-state index contributed by atoms with van der Waals surface area (Å²) >= 11 is 1.72. The molecule has 0 bridgehead atoms. The predicted molar refractivity (Wildman–Crippen MR) is 78.9 cm³/mol. The average Bonchev–Trinajstić information content (AvgIpc) is 2.37. The number of carboxylic acid groups (broad SMARTS) is 1. The molecular weight excluding hydrogens is 258 g/mol. The molecular formula is C15H17NO2S. The van der Waals surface area contributed by atoms with Crippen molar-refractivity contribution in [2.75, 3.05) is 5.75 Å². The minimum atomic E-state index is -0.910. The van der Waals surface area contributed by atoms with Crippen molar-refractivity contribution in [3.8, 4) is 0 Å². The van der Waals surface area contributed by atoms with E-state index < -0.39 is 5.97 Å². The van der Waals surface area contributed by atoms with Crippen LogP contribution < -0.4 is 0 Å². The van der Waals surface area contributed by atoms with Crippen molar-refractivity contribution in [2.24, 2.45) is 5.92 Å². The molecule has 0 unspecified atom stereocenters. The highest BCUT2D eigenvalue weighted by atomic mass is 32.2. The molecule has 1 heterocycles. The molecule has 0 amide bonds. The van der Waals surface area contributed by atoms with E-state index in [0.29, 0.717) is 16.9 Å². The molecule has 0 aliphatic carbocycles. The molecule has 1 aromatic carbocycles. The zero-order chi connectivity index (χ0) is 13.8. The molecule has 4 heteroatoms. The van der Waals surface area contributed by atoms with E-state index >= 15 is 0 Å². The minimum absolute atomic E-state index is 0.309. The van der Waals surface area contributed by atoms with Crippen LogP contribution in [0, 0.1) is 5.92 Å². The third-order valence-electron chi connectivity index (χ3n) is 2.88. The van der Waals surface area contributed by atoms with Crippen LogP contribution in [0.4, 0.5) is 0 Å². The second-order valence-electron chi connectivity index (χ2n) is 4.86. The highest BCUT2D eigenvalue weighted by Crippen LogP contribution is 2.23. The summed E-state index contributed by atoms with van der Waals surface area (Å²) in [7, 11) is 0. The normalized spacial score (nSPS) is 11.1. The number of nitrogens with zero attached hydrogens (tertiary/aromatic N) is 1. The molecule has 3 nitrogen and oxygen atoms in total. The van der Waals surface area contributed by atoms with Crippen LogP contribution >= 0.6 is 11.8 Å². The molecule has 2 aromatic rings. The Hall–Kier alpha value is -1.55. The summed E-state index contributed by atoms with van der Waals surface area (Å²) < 4.78 is 0. The number of hydrogen-bond donors (Lipinski definition) is 1. The lowest BCUT2D eigenvalue weighted by atomic mass is 10.1. The third kappa shape index (κ3) is 3.47. The van der Waals surface area contributed by atoms with Gasteiger partial charge in [-0.05, 0) is 42.4 Å². The van der Waals surface area contributed by atoms with Gasteiger partial charge in [0.25, 0.3) is 0 Å². The van der Waals surface area contributed by atoms with Crippen molar-refractivity contribution in [3.63, 3.8) is 0 Å². The molecule has 2 rings (SSSR count). The van der Waals surface area contributed by atoms with E-state index in [0.717, 1.165) is 22.7 Å². The summed E-state index contributed by atoms with van der Waals surface area (Å²) in [5, 5.41) is 10.8. The van der Waals surface area contributed by atoms with Crippen molar-refractivity contribution in [3.05, 3.63) is 35.9 Å². The van der Waals surface area contributed by atoms with Crippen molar-refractivity contribution in [1.29, 1.82) is 0 Å². The maximum atomic E-state index is 11.1. The molecule has 0 aliphatic rings. The van der Waals surface area contributed by atoms with E-state index in [1.807, 2.05) is 18.2 Å². The maximum Gasteiger partial charge on any atom is 0.336 e. The number of fused-ring (bicyclic) bond motifs is 1. The number of aromatic carboxylic acids is 1. The molecule has 0 atom stereocenters. The van der Waals surface area contributed by atoms with Crippen molar-refractivity contribution in [1.82, 2.24) is 4.98 Å². The Balaban J connectivity index is 2.24. The zero-order valence-electron chi connectivity index (χ0n) is 11.1. The number of thioether (sulfide) groups is 1. The first-order valence-corrected chi connectivity index (χ1v) is 7.32. The van der Waals surface area contributed by atoms with Crippen molar-refractivity contribution < 1.29 is 9.90 Å². The van der Waals surface area contributed by atoms with Gasteiger partial charge in [-0.15, -0.1) is 11.8 Å². The van der Waals surface area contributed by atoms with Crippen LogP contribution in [0.25, 0.3) is 10.9 Å². The summed E-state index contributed by atoms with van der Waals surface area (Å²) in [5.74, 6) is 0.814. The predicted octanol–water partition coefficient (Wildman–Crippen LogP) is 4.07. The van der Waals surface area contributed by atoms with Crippen LogP contribution in [0.2, 0.25) is 0 Å². The van der Waals surface area contributed by atoms with E-state index in [1.54, 1.807) is 23.9 Å². The number of aromatic nitrogens is 1. The number of benzene rings is 1.